The lowest BCUT2D eigenvalue weighted by molar-refractivity contribution is 0.667. The van der Waals surface area contributed by atoms with Crippen LogP contribution in [0.3, 0.4) is 0 Å². The van der Waals surface area contributed by atoms with E-state index in [1.54, 1.807) is 0 Å². The Kier molecular flexibility index (Phi) is 9.35. The van der Waals surface area contributed by atoms with E-state index in [4.69, 9.17) is 14.4 Å². The lowest BCUT2D eigenvalue weighted by Gasteiger charge is -2.19. The van der Waals surface area contributed by atoms with Gasteiger partial charge in [-0.25, -0.2) is 9.97 Å². The second-order valence-electron chi connectivity index (χ2n) is 20.8. The Morgan fingerprint density at radius 3 is 1.59 bits per heavy atom. The van der Waals surface area contributed by atoms with Crippen LogP contribution in [-0.4, -0.2) is 19.1 Å². The second-order valence-corrected chi connectivity index (χ2v) is 20.8. The Balaban J connectivity index is 0.950. The maximum atomic E-state index is 6.78. The third-order valence-electron chi connectivity index (χ3n) is 16.5. The van der Waals surface area contributed by atoms with Crippen molar-refractivity contribution < 1.29 is 4.42 Å². The van der Waals surface area contributed by atoms with Gasteiger partial charge in [0, 0.05) is 59.9 Å². The fourth-order valence-electron chi connectivity index (χ4n) is 13.0. The third-order valence-corrected chi connectivity index (χ3v) is 16.5. The van der Waals surface area contributed by atoms with Crippen LogP contribution in [0.4, 0.5) is 0 Å². The van der Waals surface area contributed by atoms with E-state index in [0.29, 0.717) is 11.4 Å². The Morgan fingerprint density at radius 2 is 0.861 bits per heavy atom. The van der Waals surface area contributed by atoms with Gasteiger partial charge in [0.25, 0.3) is 0 Å². The van der Waals surface area contributed by atoms with E-state index >= 15 is 0 Å². The van der Waals surface area contributed by atoms with Crippen molar-refractivity contribution in [1.29, 1.82) is 0 Å². The second kappa shape index (κ2) is 16.9. The summed E-state index contributed by atoms with van der Waals surface area (Å²) in [6.45, 7) is 0. The van der Waals surface area contributed by atoms with Crippen molar-refractivity contribution in [3.63, 3.8) is 0 Å². The molecule has 0 aliphatic carbocycles. The monoisotopic (exact) mass is 1000 g/mol. The summed E-state index contributed by atoms with van der Waals surface area (Å²) >= 11 is 0. The van der Waals surface area contributed by atoms with Gasteiger partial charge in [-0.3, -0.25) is 0 Å². The van der Waals surface area contributed by atoms with Crippen molar-refractivity contribution in [2.75, 3.05) is 0 Å². The molecule has 0 atom stereocenters. The maximum absolute atomic E-state index is 6.78. The molecule has 366 valence electrons. The average molecular weight is 1010 g/mol. The largest absolute Gasteiger partial charge is 0.452 e. The van der Waals surface area contributed by atoms with Crippen molar-refractivity contribution >= 4 is 109 Å². The van der Waals surface area contributed by atoms with Crippen molar-refractivity contribution in [2.24, 2.45) is 0 Å². The summed E-state index contributed by atoms with van der Waals surface area (Å²) in [7, 11) is 0. The van der Waals surface area contributed by atoms with E-state index in [2.05, 4.69) is 270 Å². The highest BCUT2D eigenvalue weighted by molar-refractivity contribution is 6.31. The molecule has 0 N–H and O–H groups in total. The zero-order valence-electron chi connectivity index (χ0n) is 42.6. The Morgan fingerprint density at radius 1 is 0.316 bits per heavy atom. The van der Waals surface area contributed by atoms with Crippen LogP contribution in [0.5, 0.6) is 0 Å². The molecule has 0 saturated heterocycles. The number of nitrogens with zero attached hydrogens (tertiary/aromatic N) is 4. The maximum Gasteiger partial charge on any atom is 0.180 e. The van der Waals surface area contributed by atoms with Crippen LogP contribution in [-0.2, 0) is 0 Å². The molecular formula is C74H44N4O. The van der Waals surface area contributed by atoms with Crippen molar-refractivity contribution in [2.45, 2.75) is 0 Å². The highest BCUT2D eigenvalue weighted by Gasteiger charge is 2.25. The lowest BCUT2D eigenvalue weighted by atomic mass is 9.90. The fourth-order valence-corrected chi connectivity index (χ4v) is 13.0. The Bertz CT molecular complexity index is 5360. The van der Waals surface area contributed by atoms with Crippen LogP contribution in [0.1, 0.15) is 0 Å². The van der Waals surface area contributed by atoms with Crippen LogP contribution in [0.2, 0.25) is 0 Å². The first kappa shape index (κ1) is 43.6. The molecule has 0 saturated carbocycles. The quantitative estimate of drug-likeness (QED) is 0.156. The molecule has 79 heavy (non-hydrogen) atoms. The van der Waals surface area contributed by atoms with Gasteiger partial charge in [-0.1, -0.05) is 200 Å². The van der Waals surface area contributed by atoms with Crippen molar-refractivity contribution in [3.8, 4) is 56.3 Å². The molecule has 0 unspecified atom stereocenters. The first-order chi connectivity index (χ1) is 39.2. The summed E-state index contributed by atoms with van der Waals surface area (Å²) in [5.41, 5.74) is 16.4. The van der Waals surface area contributed by atoms with E-state index in [9.17, 15) is 0 Å². The summed E-state index contributed by atoms with van der Waals surface area (Å²) < 4.78 is 11.7. The molecule has 0 aliphatic rings. The standard InChI is InChI=1S/C74H44N4O/c1-4-18-45(19-5-1)48-35-41-67-62(44-48)71-73(79-67)70(47-21-6-2-7-22-47)75-74(76-71)59-37-40-66(69-57-30-15-13-27-54(57)53-26-12-14-29-56(53)68(59)69)78-65-39-34-50(43-61(65)58-36-32-46-20-10-11-25-52(46)72(58)78)49-33-38-64-60(42-49)55-28-16-17-31-63(55)77(64)51-23-8-3-9-24-51/h1-44H. The van der Waals surface area contributed by atoms with Gasteiger partial charge in [-0.15, -0.1) is 0 Å². The van der Waals surface area contributed by atoms with Crippen molar-refractivity contribution in [3.05, 3.63) is 267 Å². The number of furan rings is 1. The number of fused-ring (bicyclic) bond motifs is 17. The molecular weight excluding hydrogens is 961 g/mol. The fraction of sp³-hybridized carbons (Fsp3) is 0. The minimum atomic E-state index is 0.636. The summed E-state index contributed by atoms with van der Waals surface area (Å²) in [4.78, 5) is 11.2. The molecule has 0 spiro atoms. The topological polar surface area (TPSA) is 48.8 Å². The molecule has 4 heterocycles. The highest BCUT2D eigenvalue weighted by atomic mass is 16.3. The van der Waals surface area contributed by atoms with Gasteiger partial charge < -0.3 is 13.6 Å². The van der Waals surface area contributed by atoms with E-state index in [0.717, 1.165) is 82.9 Å². The molecule has 4 aromatic heterocycles. The van der Waals surface area contributed by atoms with Crippen LogP contribution in [0.15, 0.2) is 271 Å². The molecule has 13 aromatic carbocycles. The third kappa shape index (κ3) is 6.51. The predicted octanol–water partition coefficient (Wildman–Crippen LogP) is 19.9. The molecule has 17 aromatic rings. The van der Waals surface area contributed by atoms with Gasteiger partial charge in [0.2, 0.25) is 0 Å². The van der Waals surface area contributed by atoms with Gasteiger partial charge in [-0.2, -0.15) is 0 Å². The number of aromatic nitrogens is 4. The summed E-state index contributed by atoms with van der Waals surface area (Å²) in [5.74, 6) is 0.636. The smallest absolute Gasteiger partial charge is 0.180 e. The average Bonchev–Trinajstić information content (AvgIpc) is 4.39. The summed E-state index contributed by atoms with van der Waals surface area (Å²) in [6.07, 6.45) is 0. The number of rotatable bonds is 6. The molecule has 0 amide bonds. The van der Waals surface area contributed by atoms with E-state index in [-0.39, 0.29) is 0 Å². The van der Waals surface area contributed by atoms with Gasteiger partial charge in [0.1, 0.15) is 16.8 Å². The van der Waals surface area contributed by atoms with Crippen LogP contribution in [0, 0.1) is 0 Å². The van der Waals surface area contributed by atoms with Crippen LogP contribution in [0.25, 0.3) is 165 Å². The van der Waals surface area contributed by atoms with E-state index < -0.39 is 0 Å². The minimum Gasteiger partial charge on any atom is -0.452 e. The molecule has 5 nitrogen and oxygen atoms in total. The van der Waals surface area contributed by atoms with Gasteiger partial charge >= 0.3 is 0 Å². The lowest BCUT2D eigenvalue weighted by Crippen LogP contribution is -2.00. The van der Waals surface area contributed by atoms with Gasteiger partial charge in [-0.05, 0) is 116 Å². The predicted molar refractivity (Wildman–Crippen MR) is 330 cm³/mol. The van der Waals surface area contributed by atoms with E-state index in [1.165, 1.54) is 70.8 Å². The SMILES string of the molecule is c1ccc(-c2ccc3oc4c(-c5ccccc5)nc(-c5ccc(-n6c7ccc(-c8ccc9c(c8)c8ccccc8n9-c8ccccc8)cc7c7ccc8ccccc8c76)c6c7ccccc7c7ccccc7c56)nc4c3c2)cc1. The molecule has 0 aliphatic heterocycles. The zero-order valence-corrected chi connectivity index (χ0v) is 42.6. The van der Waals surface area contributed by atoms with Gasteiger partial charge in [0.05, 0.1) is 27.8 Å². The number of hydrogen-bond acceptors (Lipinski definition) is 3. The highest BCUT2D eigenvalue weighted by Crippen LogP contribution is 2.48. The first-order valence-electron chi connectivity index (χ1n) is 27.0. The molecule has 5 heteroatoms. The van der Waals surface area contributed by atoms with E-state index in [1.807, 2.05) is 6.07 Å². The Hall–Kier alpha value is -10.6. The normalized spacial score (nSPS) is 12.1. The van der Waals surface area contributed by atoms with Gasteiger partial charge in [0.15, 0.2) is 11.4 Å². The number of hydrogen-bond donors (Lipinski definition) is 0. The Labute approximate surface area is 453 Å². The number of para-hydroxylation sites is 2. The molecule has 0 bridgehead atoms. The first-order valence-corrected chi connectivity index (χ1v) is 27.0. The zero-order chi connectivity index (χ0) is 51.7. The molecule has 17 rings (SSSR count). The van der Waals surface area contributed by atoms with Crippen LogP contribution >= 0.6 is 0 Å². The molecule has 0 radical (unpaired) electrons. The van der Waals surface area contributed by atoms with Crippen molar-refractivity contribution in [1.82, 2.24) is 19.1 Å². The van der Waals surface area contributed by atoms with Crippen LogP contribution < -0.4 is 0 Å². The summed E-state index contributed by atoms with van der Waals surface area (Å²) in [6, 6.07) is 96.5. The molecule has 0 fully saturated rings. The number of benzene rings is 13. The summed E-state index contributed by atoms with van der Waals surface area (Å²) in [5, 5.41) is 15.1. The minimum absolute atomic E-state index is 0.636.